The number of anilines is 1. The van der Waals surface area contributed by atoms with E-state index in [0.29, 0.717) is 22.7 Å². The number of hydrogen-bond acceptors (Lipinski definition) is 4. The minimum absolute atomic E-state index is 0.0403. The molecule has 1 saturated carbocycles. The van der Waals surface area contributed by atoms with Crippen LogP contribution in [0.2, 0.25) is 0 Å². The summed E-state index contributed by atoms with van der Waals surface area (Å²) < 4.78 is 30.8. The van der Waals surface area contributed by atoms with Crippen molar-refractivity contribution in [1.29, 1.82) is 0 Å². The number of nitrogens with zero attached hydrogens (tertiary/aromatic N) is 4. The highest BCUT2D eigenvalue weighted by Crippen LogP contribution is 2.52. The Kier molecular flexibility index (Phi) is 6.04. The van der Waals surface area contributed by atoms with Gasteiger partial charge in [-0.1, -0.05) is 34.6 Å². The maximum atomic E-state index is 14.1. The topological polar surface area (TPSA) is 87.5 Å². The van der Waals surface area contributed by atoms with E-state index in [2.05, 4.69) is 39.3 Å². The van der Waals surface area contributed by atoms with E-state index in [-0.39, 0.29) is 22.8 Å². The number of aryl methyl sites for hydroxylation is 1. The summed E-state index contributed by atoms with van der Waals surface area (Å²) in [4.78, 5) is 20.9. The van der Waals surface area contributed by atoms with Crippen LogP contribution in [-0.2, 0) is 23.7 Å². The molecule has 0 radical (unpaired) electrons. The van der Waals surface area contributed by atoms with E-state index in [1.54, 1.807) is 12.1 Å². The van der Waals surface area contributed by atoms with Gasteiger partial charge >= 0.3 is 10.2 Å². The molecule has 0 spiro atoms. The Morgan fingerprint density at radius 1 is 1.24 bits per heavy atom. The van der Waals surface area contributed by atoms with Gasteiger partial charge in [-0.3, -0.25) is 9.52 Å². The first-order valence-corrected chi connectivity index (χ1v) is 13.6. The Balaban J connectivity index is 1.83. The maximum absolute atomic E-state index is 14.1. The molecule has 1 aliphatic heterocycles. The van der Waals surface area contributed by atoms with E-state index in [0.717, 1.165) is 47.9 Å². The van der Waals surface area contributed by atoms with Crippen molar-refractivity contribution in [2.75, 3.05) is 25.4 Å². The predicted octanol–water partition coefficient (Wildman–Crippen LogP) is 4.03. The van der Waals surface area contributed by atoms with Crippen LogP contribution < -0.4 is 4.72 Å². The summed E-state index contributed by atoms with van der Waals surface area (Å²) in [5, 5.41) is 0. The third-order valence-corrected chi connectivity index (χ3v) is 8.74. The van der Waals surface area contributed by atoms with Gasteiger partial charge in [0.05, 0.1) is 22.3 Å². The van der Waals surface area contributed by atoms with Crippen LogP contribution in [0.5, 0.6) is 0 Å². The van der Waals surface area contributed by atoms with E-state index in [4.69, 9.17) is 4.98 Å². The molecule has 1 N–H and O–H groups in total. The van der Waals surface area contributed by atoms with Crippen LogP contribution in [0, 0.1) is 16.7 Å². The van der Waals surface area contributed by atoms with Crippen LogP contribution in [0.25, 0.3) is 11.0 Å². The quantitative estimate of drug-likeness (QED) is 0.664. The molecule has 1 aliphatic carbocycles. The standard InChI is InChI=1S/C25H39N5O3S/c1-16(2)9-21-26-20-11-17(27-34(32,33)28(6)7)10-19(22(20)29(21)8)23(31)30-15-25(5)13-18(30)12-24(3,4)14-25/h10-11,16,18,27H,9,12-15H2,1-8H3. The number of hydrogen-bond donors (Lipinski definition) is 1. The van der Waals surface area contributed by atoms with Gasteiger partial charge in [-0.15, -0.1) is 0 Å². The van der Waals surface area contributed by atoms with Crippen molar-refractivity contribution in [2.45, 2.75) is 66.3 Å². The van der Waals surface area contributed by atoms with Gasteiger partial charge in [0.2, 0.25) is 0 Å². The molecule has 8 nitrogen and oxygen atoms in total. The van der Waals surface area contributed by atoms with Crippen LogP contribution in [0.15, 0.2) is 12.1 Å². The fraction of sp³-hybridized carbons (Fsp3) is 0.680. The van der Waals surface area contributed by atoms with Crippen molar-refractivity contribution in [3.8, 4) is 0 Å². The first-order chi connectivity index (χ1) is 15.6. The molecule has 1 aromatic heterocycles. The van der Waals surface area contributed by atoms with Gasteiger partial charge in [-0.2, -0.15) is 12.7 Å². The lowest BCUT2D eigenvalue weighted by Gasteiger charge is -2.39. The predicted molar refractivity (Wildman–Crippen MR) is 136 cm³/mol. The number of amides is 1. The monoisotopic (exact) mass is 489 g/mol. The summed E-state index contributed by atoms with van der Waals surface area (Å²) in [6.07, 6.45) is 3.87. The number of imidazole rings is 1. The number of carbonyl (C=O) groups excluding carboxylic acids is 1. The number of rotatable bonds is 6. The number of carbonyl (C=O) groups is 1. The molecule has 2 unspecified atom stereocenters. The minimum Gasteiger partial charge on any atom is -0.335 e. The Morgan fingerprint density at radius 3 is 2.53 bits per heavy atom. The molecule has 1 aromatic carbocycles. The van der Waals surface area contributed by atoms with Crippen LogP contribution in [0.1, 0.15) is 70.1 Å². The summed E-state index contributed by atoms with van der Waals surface area (Å²) >= 11 is 0. The minimum atomic E-state index is -3.72. The summed E-state index contributed by atoms with van der Waals surface area (Å²) in [5.41, 5.74) is 2.57. The average molecular weight is 490 g/mol. The molecule has 2 heterocycles. The second kappa shape index (κ2) is 8.22. The molecule has 2 fully saturated rings. The number of likely N-dealkylation sites (tertiary alicyclic amines) is 1. The highest BCUT2D eigenvalue weighted by atomic mass is 32.2. The van der Waals surface area contributed by atoms with Gasteiger partial charge in [-0.25, -0.2) is 4.98 Å². The molecule has 1 amide bonds. The molecular weight excluding hydrogens is 450 g/mol. The number of aromatic nitrogens is 2. The van der Waals surface area contributed by atoms with Crippen LogP contribution >= 0.6 is 0 Å². The third-order valence-electron chi connectivity index (χ3n) is 7.29. The lowest BCUT2D eigenvalue weighted by molar-refractivity contribution is 0.0710. The second-order valence-electron chi connectivity index (χ2n) is 12.1. The highest BCUT2D eigenvalue weighted by molar-refractivity contribution is 7.90. The lowest BCUT2D eigenvalue weighted by Crippen LogP contribution is -2.38. The molecule has 2 atom stereocenters. The van der Waals surface area contributed by atoms with Crippen molar-refractivity contribution in [3.05, 3.63) is 23.5 Å². The molecule has 1 saturated heterocycles. The molecule has 2 aromatic rings. The largest absolute Gasteiger partial charge is 0.335 e. The van der Waals surface area contributed by atoms with E-state index in [1.807, 2.05) is 16.5 Å². The van der Waals surface area contributed by atoms with E-state index in [9.17, 15) is 13.2 Å². The van der Waals surface area contributed by atoms with E-state index in [1.165, 1.54) is 14.1 Å². The number of benzene rings is 1. The normalized spacial score (nSPS) is 24.4. The third kappa shape index (κ3) is 4.56. The Labute approximate surface area is 203 Å². The van der Waals surface area contributed by atoms with Gasteiger partial charge < -0.3 is 9.47 Å². The van der Waals surface area contributed by atoms with Crippen molar-refractivity contribution in [1.82, 2.24) is 18.8 Å². The first-order valence-electron chi connectivity index (χ1n) is 12.1. The van der Waals surface area contributed by atoms with Crippen molar-refractivity contribution in [3.63, 3.8) is 0 Å². The number of nitrogens with one attached hydrogen (secondary N) is 1. The summed E-state index contributed by atoms with van der Waals surface area (Å²) in [6.45, 7) is 11.9. The molecule has 2 bridgehead atoms. The molecule has 9 heteroatoms. The van der Waals surface area contributed by atoms with E-state index < -0.39 is 10.2 Å². The Bertz CT molecular complexity index is 1230. The average Bonchev–Trinajstić information content (AvgIpc) is 3.11. The van der Waals surface area contributed by atoms with Crippen molar-refractivity contribution in [2.24, 2.45) is 23.8 Å². The zero-order valence-electron chi connectivity index (χ0n) is 21.8. The molecule has 34 heavy (non-hydrogen) atoms. The smallest absolute Gasteiger partial charge is 0.301 e. The van der Waals surface area contributed by atoms with Crippen LogP contribution in [-0.4, -0.2) is 59.8 Å². The molecular formula is C25H39N5O3S. The fourth-order valence-corrected chi connectivity index (χ4v) is 6.86. The van der Waals surface area contributed by atoms with Crippen molar-refractivity contribution < 1.29 is 13.2 Å². The summed E-state index contributed by atoms with van der Waals surface area (Å²) in [5.74, 6) is 1.25. The molecule has 188 valence electrons. The lowest BCUT2D eigenvalue weighted by atomic mass is 9.65. The first kappa shape index (κ1) is 25.0. The van der Waals surface area contributed by atoms with Crippen LogP contribution in [0.3, 0.4) is 0 Å². The van der Waals surface area contributed by atoms with Crippen molar-refractivity contribution >= 4 is 32.8 Å². The summed E-state index contributed by atoms with van der Waals surface area (Å²) in [6, 6.07) is 3.60. The van der Waals surface area contributed by atoms with Gasteiger partial charge in [0.1, 0.15) is 5.82 Å². The molecule has 4 rings (SSSR count). The second-order valence-corrected chi connectivity index (χ2v) is 14.0. The van der Waals surface area contributed by atoms with Gasteiger partial charge in [0.25, 0.3) is 5.91 Å². The Hall–Kier alpha value is -2.13. The Morgan fingerprint density at radius 2 is 1.91 bits per heavy atom. The van der Waals surface area contributed by atoms with Gasteiger partial charge in [-0.05, 0) is 48.1 Å². The maximum Gasteiger partial charge on any atom is 0.301 e. The highest BCUT2D eigenvalue weighted by Gasteiger charge is 2.51. The van der Waals surface area contributed by atoms with Gasteiger partial charge in [0.15, 0.2) is 0 Å². The number of fused-ring (bicyclic) bond motifs is 3. The molecule has 2 aliphatic rings. The zero-order chi connectivity index (χ0) is 25.2. The van der Waals surface area contributed by atoms with E-state index >= 15 is 0 Å². The SMILES string of the molecule is CC(C)Cc1nc2cc(NS(=O)(=O)N(C)C)cc(C(=O)N3CC4(C)CC3CC(C)(C)C4)c2n1C. The zero-order valence-corrected chi connectivity index (χ0v) is 22.6. The summed E-state index contributed by atoms with van der Waals surface area (Å²) in [7, 11) is 1.17. The van der Waals surface area contributed by atoms with Gasteiger partial charge in [0, 0.05) is 40.2 Å². The fourth-order valence-electron chi connectivity index (χ4n) is 6.26. The van der Waals surface area contributed by atoms with Crippen LogP contribution in [0.4, 0.5) is 5.69 Å².